The number of hydrogen-bond acceptors (Lipinski definition) is 5. The molecule has 0 radical (unpaired) electrons. The van der Waals surface area contributed by atoms with Crippen LogP contribution in [0.3, 0.4) is 0 Å². The summed E-state index contributed by atoms with van der Waals surface area (Å²) >= 11 is 5.68. The van der Waals surface area contributed by atoms with Crippen LogP contribution in [0, 0.1) is 18.6 Å². The molecule has 0 saturated carbocycles. The minimum absolute atomic E-state index is 0.0986. The minimum atomic E-state index is 0.0986. The van der Waals surface area contributed by atoms with Crippen LogP contribution in [0.25, 0.3) is 5.69 Å². The highest BCUT2D eigenvalue weighted by molar-refractivity contribution is 7.71. The lowest BCUT2D eigenvalue weighted by Crippen LogP contribution is -3.14. The summed E-state index contributed by atoms with van der Waals surface area (Å²) in [6.07, 6.45) is 0. The van der Waals surface area contributed by atoms with Gasteiger partial charge in [-0.25, -0.2) is 0 Å². The molecule has 7 nitrogen and oxygen atoms in total. The molecule has 0 bridgehead atoms. The molecule has 1 N–H and O–H groups in total. The average molecular weight is 424 g/mol. The number of carbonyl (C=O) groups excluding carboxylic acids is 1. The lowest BCUT2D eigenvalue weighted by Gasteiger charge is -2.33. The fourth-order valence-corrected chi connectivity index (χ4v) is 4.24. The zero-order valence-corrected chi connectivity index (χ0v) is 18.4. The van der Waals surface area contributed by atoms with E-state index >= 15 is 0 Å². The van der Waals surface area contributed by atoms with E-state index in [1.54, 1.807) is 11.6 Å². The number of piperazine rings is 1. The number of Topliss-reactive ketones (excluding diaryl/α,β-unsaturated/α-hetero) is 1. The van der Waals surface area contributed by atoms with Crippen molar-refractivity contribution in [3.05, 3.63) is 63.9 Å². The Hall–Kier alpha value is -2.84. The highest BCUT2D eigenvalue weighted by Crippen LogP contribution is 2.18. The Morgan fingerprint density at radius 2 is 1.67 bits per heavy atom. The summed E-state index contributed by atoms with van der Waals surface area (Å²) in [7, 11) is 0. The maximum atomic E-state index is 11.5. The number of benzene rings is 2. The lowest BCUT2D eigenvalue weighted by atomic mass is 10.1. The molecule has 3 aromatic rings. The number of ketones is 1. The zero-order valence-electron chi connectivity index (χ0n) is 17.6. The van der Waals surface area contributed by atoms with E-state index in [1.165, 1.54) is 4.90 Å². The van der Waals surface area contributed by atoms with Crippen LogP contribution < -0.4 is 9.80 Å². The molecule has 0 spiro atoms. The van der Waals surface area contributed by atoms with Gasteiger partial charge in [-0.3, -0.25) is 4.79 Å². The number of aryl methyl sites for hydroxylation is 2. The third kappa shape index (κ3) is 4.06. The van der Waals surface area contributed by atoms with Crippen molar-refractivity contribution in [2.75, 3.05) is 31.1 Å². The summed E-state index contributed by atoms with van der Waals surface area (Å²) in [4.78, 5) is 15.3. The number of carbonyl (C=O) groups is 1. The molecule has 0 atom stereocenters. The van der Waals surface area contributed by atoms with Gasteiger partial charge in [0.1, 0.15) is 0 Å². The van der Waals surface area contributed by atoms with Crippen LogP contribution in [0.15, 0.2) is 42.5 Å². The molecule has 30 heavy (non-hydrogen) atoms. The van der Waals surface area contributed by atoms with Gasteiger partial charge in [0.2, 0.25) is 4.77 Å². The first-order valence-corrected chi connectivity index (χ1v) is 10.6. The van der Waals surface area contributed by atoms with Crippen LogP contribution in [0.1, 0.15) is 28.4 Å². The molecule has 1 aliphatic rings. The number of quaternary nitrogens is 1. The summed E-state index contributed by atoms with van der Waals surface area (Å²) in [6.45, 7) is 10.3. The van der Waals surface area contributed by atoms with E-state index in [-0.39, 0.29) is 5.78 Å². The first-order valence-electron chi connectivity index (χ1n) is 10.2. The van der Waals surface area contributed by atoms with Crippen LogP contribution in [0.4, 0.5) is 5.69 Å². The van der Waals surface area contributed by atoms with Crippen molar-refractivity contribution in [1.29, 1.82) is 0 Å². The maximum Gasteiger partial charge on any atom is 0.225 e. The van der Waals surface area contributed by atoms with Crippen molar-refractivity contribution in [1.82, 2.24) is 19.8 Å². The van der Waals surface area contributed by atoms with Gasteiger partial charge in [-0.15, -0.1) is 0 Å². The predicted molar refractivity (Wildman–Crippen MR) is 119 cm³/mol. The standard InChI is InChI=1S/C22H26N6OS/c1-16-5-4-6-17(2)21(16)28-22(30)27(23-24-28)15-25-11-13-26(14-12-25)20-9-7-19(8-10-20)18(3)29/h4-10H,11-15H2,1-3H3/p+1. The van der Waals surface area contributed by atoms with Crippen molar-refractivity contribution >= 4 is 23.7 Å². The van der Waals surface area contributed by atoms with Gasteiger partial charge in [0.15, 0.2) is 12.5 Å². The van der Waals surface area contributed by atoms with Gasteiger partial charge >= 0.3 is 0 Å². The number of para-hydroxylation sites is 1. The molecule has 1 saturated heterocycles. The third-order valence-corrected chi connectivity index (χ3v) is 6.16. The van der Waals surface area contributed by atoms with Crippen LogP contribution in [0.2, 0.25) is 0 Å². The first kappa shape index (κ1) is 20.4. The maximum absolute atomic E-state index is 11.5. The fourth-order valence-electron chi connectivity index (χ4n) is 4.01. The summed E-state index contributed by atoms with van der Waals surface area (Å²) in [5, 5.41) is 8.66. The summed E-state index contributed by atoms with van der Waals surface area (Å²) in [6, 6.07) is 14.1. The van der Waals surface area contributed by atoms with Crippen LogP contribution in [-0.4, -0.2) is 51.8 Å². The molecule has 2 aromatic carbocycles. The number of hydrogen-bond donors (Lipinski definition) is 1. The van der Waals surface area contributed by atoms with Crippen molar-refractivity contribution < 1.29 is 9.69 Å². The fraction of sp³-hybridized carbons (Fsp3) is 0.364. The molecule has 1 fully saturated rings. The van der Waals surface area contributed by atoms with Gasteiger partial charge < -0.3 is 9.80 Å². The quantitative estimate of drug-likeness (QED) is 0.502. The van der Waals surface area contributed by atoms with Crippen molar-refractivity contribution in [3.63, 3.8) is 0 Å². The molecule has 0 amide bonds. The van der Waals surface area contributed by atoms with Gasteiger partial charge in [-0.1, -0.05) is 18.2 Å². The van der Waals surface area contributed by atoms with E-state index < -0.39 is 0 Å². The molecule has 0 unspecified atom stereocenters. The van der Waals surface area contributed by atoms with Crippen LogP contribution in [0.5, 0.6) is 0 Å². The molecular formula is C22H27N6OS+. The second-order valence-electron chi connectivity index (χ2n) is 7.91. The highest BCUT2D eigenvalue weighted by atomic mass is 32.1. The van der Waals surface area contributed by atoms with E-state index in [2.05, 4.69) is 41.3 Å². The number of aromatic nitrogens is 4. The SMILES string of the molecule is CC(=O)c1ccc(N2CC[NH+](Cn3nnn(-c4c(C)cccc4C)c3=S)CC2)cc1. The molecule has 8 heteroatoms. The number of nitrogens with zero attached hydrogens (tertiary/aromatic N) is 5. The van der Waals surface area contributed by atoms with Crippen molar-refractivity contribution in [2.45, 2.75) is 27.4 Å². The van der Waals surface area contributed by atoms with Gasteiger partial charge in [0, 0.05) is 11.3 Å². The number of rotatable bonds is 5. The molecule has 4 rings (SSSR count). The van der Waals surface area contributed by atoms with E-state index in [4.69, 9.17) is 12.2 Å². The molecule has 2 heterocycles. The normalized spacial score (nSPS) is 14.8. The van der Waals surface area contributed by atoms with E-state index in [9.17, 15) is 4.79 Å². The van der Waals surface area contributed by atoms with Gasteiger partial charge in [0.05, 0.1) is 31.9 Å². The average Bonchev–Trinajstić information content (AvgIpc) is 3.09. The Kier molecular flexibility index (Phi) is 5.78. The predicted octanol–water partition coefficient (Wildman–Crippen LogP) is 1.98. The van der Waals surface area contributed by atoms with Crippen molar-refractivity contribution in [3.8, 4) is 5.69 Å². The number of anilines is 1. The largest absolute Gasteiger partial charge is 0.360 e. The van der Waals surface area contributed by atoms with Crippen molar-refractivity contribution in [2.24, 2.45) is 0 Å². The van der Waals surface area contributed by atoms with Gasteiger partial charge in [-0.2, -0.15) is 9.36 Å². The van der Waals surface area contributed by atoms with E-state index in [1.807, 2.05) is 35.0 Å². The van der Waals surface area contributed by atoms with E-state index in [0.717, 1.165) is 54.2 Å². The smallest absolute Gasteiger partial charge is 0.225 e. The first-order chi connectivity index (χ1) is 14.4. The highest BCUT2D eigenvalue weighted by Gasteiger charge is 2.22. The van der Waals surface area contributed by atoms with Gasteiger partial charge in [-0.05, 0) is 78.8 Å². The Balaban J connectivity index is 1.42. The molecule has 156 valence electrons. The monoisotopic (exact) mass is 423 g/mol. The topological polar surface area (TPSA) is 60.4 Å². The van der Waals surface area contributed by atoms with Crippen LogP contribution in [-0.2, 0) is 6.67 Å². The van der Waals surface area contributed by atoms with Gasteiger partial charge in [0.25, 0.3) is 0 Å². The third-order valence-electron chi connectivity index (χ3n) is 5.77. The van der Waals surface area contributed by atoms with Crippen LogP contribution >= 0.6 is 12.2 Å². The second kappa shape index (κ2) is 8.49. The van der Waals surface area contributed by atoms with E-state index in [0.29, 0.717) is 11.4 Å². The Morgan fingerprint density at radius 3 is 2.27 bits per heavy atom. The summed E-state index contributed by atoms with van der Waals surface area (Å²) in [5.41, 5.74) is 5.20. The zero-order chi connectivity index (χ0) is 21.3. The molecule has 0 aliphatic carbocycles. The molecule has 1 aromatic heterocycles. The summed E-state index contributed by atoms with van der Waals surface area (Å²) < 4.78 is 4.22. The lowest BCUT2D eigenvalue weighted by molar-refractivity contribution is -0.924. The molecule has 1 aliphatic heterocycles. The molecular weight excluding hydrogens is 396 g/mol. The Morgan fingerprint density at radius 1 is 1.03 bits per heavy atom. The number of nitrogens with one attached hydrogen (secondary N) is 1. The Bertz CT molecular complexity index is 1090. The number of tetrazole rings is 1. The second-order valence-corrected chi connectivity index (χ2v) is 8.28. The Labute approximate surface area is 181 Å². The minimum Gasteiger partial charge on any atom is -0.360 e. The summed E-state index contributed by atoms with van der Waals surface area (Å²) in [5.74, 6) is 0.0986.